The summed E-state index contributed by atoms with van der Waals surface area (Å²) in [5, 5.41) is 4.23. The van der Waals surface area contributed by atoms with E-state index in [2.05, 4.69) is 16.9 Å². The minimum absolute atomic E-state index is 0.444. The van der Waals surface area contributed by atoms with Crippen LogP contribution in [-0.2, 0) is 17.8 Å². The van der Waals surface area contributed by atoms with Crippen molar-refractivity contribution in [1.82, 2.24) is 14.7 Å². The molecule has 1 atom stereocenters. The van der Waals surface area contributed by atoms with Gasteiger partial charge in [-0.2, -0.15) is 5.10 Å². The molecule has 1 aromatic heterocycles. The maximum Gasteiger partial charge on any atom is 0.145 e. The van der Waals surface area contributed by atoms with E-state index in [-0.39, 0.29) is 0 Å². The quantitative estimate of drug-likeness (QED) is 0.780. The molecule has 0 saturated carbocycles. The number of anilines is 1. The molecular weight excluding hydrogens is 192 g/mol. The van der Waals surface area contributed by atoms with Crippen molar-refractivity contribution in [2.45, 2.75) is 26.1 Å². The molecule has 0 bridgehead atoms. The fraction of sp³-hybridized carbons (Fsp3) is 0.700. The summed E-state index contributed by atoms with van der Waals surface area (Å²) in [4.78, 5) is 2.39. The molecule has 1 aliphatic heterocycles. The van der Waals surface area contributed by atoms with Crippen LogP contribution in [0.4, 0.5) is 5.82 Å². The number of nitrogen functional groups attached to an aromatic ring is 1. The fourth-order valence-corrected chi connectivity index (χ4v) is 2.03. The molecule has 84 valence electrons. The van der Waals surface area contributed by atoms with Crippen LogP contribution in [0.3, 0.4) is 0 Å². The van der Waals surface area contributed by atoms with Crippen LogP contribution in [0.25, 0.3) is 0 Å². The van der Waals surface area contributed by atoms with E-state index in [1.54, 1.807) is 7.11 Å². The van der Waals surface area contributed by atoms with Crippen LogP contribution in [0.15, 0.2) is 6.07 Å². The molecule has 0 amide bonds. The van der Waals surface area contributed by atoms with Crippen LogP contribution >= 0.6 is 0 Å². The Morgan fingerprint density at radius 2 is 2.40 bits per heavy atom. The lowest BCUT2D eigenvalue weighted by atomic mass is 10.2. The molecule has 2 N–H and O–H groups in total. The number of ether oxygens (including phenoxy) is 1. The Balaban J connectivity index is 2.04. The van der Waals surface area contributed by atoms with Crippen LogP contribution in [0.5, 0.6) is 0 Å². The Morgan fingerprint density at radius 1 is 1.60 bits per heavy atom. The summed E-state index contributed by atoms with van der Waals surface area (Å²) in [7, 11) is 1.74. The van der Waals surface area contributed by atoms with Crippen molar-refractivity contribution in [2.24, 2.45) is 0 Å². The van der Waals surface area contributed by atoms with Crippen molar-refractivity contribution in [3.63, 3.8) is 0 Å². The first kappa shape index (κ1) is 10.4. The lowest BCUT2D eigenvalue weighted by Gasteiger charge is -2.32. The maximum atomic E-state index is 5.66. The van der Waals surface area contributed by atoms with Crippen LogP contribution in [0.2, 0.25) is 0 Å². The molecule has 5 heteroatoms. The maximum absolute atomic E-state index is 5.66. The normalized spacial score (nSPS) is 18.8. The number of nitrogens with two attached hydrogens (primary N) is 1. The number of fused-ring (bicyclic) bond motifs is 1. The van der Waals surface area contributed by atoms with E-state index in [9.17, 15) is 0 Å². The van der Waals surface area contributed by atoms with Crippen molar-refractivity contribution in [2.75, 3.05) is 26.0 Å². The van der Waals surface area contributed by atoms with Crippen LogP contribution in [0, 0.1) is 0 Å². The van der Waals surface area contributed by atoms with Gasteiger partial charge < -0.3 is 10.5 Å². The topological polar surface area (TPSA) is 56.3 Å². The lowest BCUT2D eigenvalue weighted by Crippen LogP contribution is -2.41. The molecule has 2 rings (SSSR count). The molecule has 1 unspecified atom stereocenters. The number of methoxy groups -OCH3 is 1. The zero-order chi connectivity index (χ0) is 10.8. The zero-order valence-electron chi connectivity index (χ0n) is 9.31. The summed E-state index contributed by atoms with van der Waals surface area (Å²) in [5.41, 5.74) is 6.86. The van der Waals surface area contributed by atoms with Crippen molar-refractivity contribution < 1.29 is 4.74 Å². The molecule has 15 heavy (non-hydrogen) atoms. The smallest absolute Gasteiger partial charge is 0.145 e. The molecule has 0 fully saturated rings. The number of hydrogen-bond acceptors (Lipinski definition) is 4. The minimum atomic E-state index is 0.444. The van der Waals surface area contributed by atoms with E-state index in [4.69, 9.17) is 10.5 Å². The standard InChI is InChI=1S/C10H18N4O/c1-8(7-15-2)13-3-4-14-9(6-13)5-10(11)12-14/h5,8H,3-4,6-7H2,1-2H3,(H2,11,12). The molecule has 2 heterocycles. The van der Waals surface area contributed by atoms with Gasteiger partial charge in [0, 0.05) is 32.3 Å². The second-order valence-corrected chi connectivity index (χ2v) is 4.06. The number of hydrogen-bond donors (Lipinski definition) is 1. The van der Waals surface area contributed by atoms with Crippen molar-refractivity contribution in [3.8, 4) is 0 Å². The summed E-state index contributed by atoms with van der Waals surface area (Å²) >= 11 is 0. The van der Waals surface area contributed by atoms with Gasteiger partial charge in [0.25, 0.3) is 0 Å². The van der Waals surface area contributed by atoms with Crippen molar-refractivity contribution in [3.05, 3.63) is 11.8 Å². The van der Waals surface area contributed by atoms with Gasteiger partial charge in [-0.15, -0.1) is 0 Å². The van der Waals surface area contributed by atoms with E-state index in [1.807, 2.05) is 10.7 Å². The summed E-state index contributed by atoms with van der Waals surface area (Å²) in [6, 6.07) is 2.39. The van der Waals surface area contributed by atoms with Crippen LogP contribution in [-0.4, -0.2) is 41.0 Å². The van der Waals surface area contributed by atoms with E-state index >= 15 is 0 Å². The molecule has 1 aliphatic rings. The van der Waals surface area contributed by atoms with Crippen molar-refractivity contribution in [1.29, 1.82) is 0 Å². The Hall–Kier alpha value is -1.07. The summed E-state index contributed by atoms with van der Waals surface area (Å²) < 4.78 is 7.15. The third-order valence-corrected chi connectivity index (χ3v) is 2.88. The van der Waals surface area contributed by atoms with Gasteiger partial charge in [-0.05, 0) is 6.92 Å². The van der Waals surface area contributed by atoms with E-state index in [0.29, 0.717) is 11.9 Å². The molecule has 0 aliphatic carbocycles. The molecule has 0 spiro atoms. The Kier molecular flexibility index (Phi) is 2.93. The first-order chi connectivity index (χ1) is 7.20. The van der Waals surface area contributed by atoms with E-state index in [1.165, 1.54) is 5.69 Å². The molecule has 0 saturated heterocycles. The molecule has 0 aromatic carbocycles. The third kappa shape index (κ3) is 2.13. The first-order valence-electron chi connectivity index (χ1n) is 5.26. The Morgan fingerprint density at radius 3 is 3.13 bits per heavy atom. The average Bonchev–Trinajstić information content (AvgIpc) is 2.57. The van der Waals surface area contributed by atoms with Gasteiger partial charge in [0.05, 0.1) is 18.8 Å². The summed E-state index contributed by atoms with van der Waals surface area (Å²) in [5.74, 6) is 0.617. The highest BCUT2D eigenvalue weighted by molar-refractivity contribution is 5.30. The van der Waals surface area contributed by atoms with E-state index < -0.39 is 0 Å². The Bertz CT molecular complexity index is 336. The van der Waals surface area contributed by atoms with Gasteiger partial charge >= 0.3 is 0 Å². The minimum Gasteiger partial charge on any atom is -0.383 e. The summed E-state index contributed by atoms with van der Waals surface area (Å²) in [6.07, 6.45) is 0. The second-order valence-electron chi connectivity index (χ2n) is 4.06. The fourth-order valence-electron chi connectivity index (χ4n) is 2.03. The first-order valence-corrected chi connectivity index (χ1v) is 5.26. The monoisotopic (exact) mass is 210 g/mol. The predicted octanol–water partition coefficient (Wildman–Crippen LogP) is 0.316. The molecule has 1 aromatic rings. The van der Waals surface area contributed by atoms with E-state index in [0.717, 1.165) is 26.2 Å². The van der Waals surface area contributed by atoms with Gasteiger partial charge in [0.15, 0.2) is 0 Å². The molecule has 0 radical (unpaired) electrons. The SMILES string of the molecule is COCC(C)N1CCn2nc(N)cc2C1. The second kappa shape index (κ2) is 4.20. The highest BCUT2D eigenvalue weighted by Gasteiger charge is 2.21. The largest absolute Gasteiger partial charge is 0.383 e. The van der Waals surface area contributed by atoms with Crippen molar-refractivity contribution >= 4 is 5.82 Å². The predicted molar refractivity (Wildman–Crippen MR) is 58.4 cm³/mol. The molecule has 5 nitrogen and oxygen atoms in total. The number of rotatable bonds is 3. The van der Waals surface area contributed by atoms with Gasteiger partial charge in [-0.1, -0.05) is 0 Å². The average molecular weight is 210 g/mol. The third-order valence-electron chi connectivity index (χ3n) is 2.88. The Labute approximate surface area is 89.8 Å². The number of nitrogens with zero attached hydrogens (tertiary/aromatic N) is 3. The van der Waals surface area contributed by atoms with Crippen LogP contribution in [0.1, 0.15) is 12.6 Å². The highest BCUT2D eigenvalue weighted by Crippen LogP contribution is 2.16. The summed E-state index contributed by atoms with van der Waals surface area (Å²) in [6.45, 7) is 5.79. The lowest BCUT2D eigenvalue weighted by molar-refractivity contribution is 0.0797. The van der Waals surface area contributed by atoms with Crippen LogP contribution < -0.4 is 5.73 Å². The molecular formula is C10H18N4O. The number of aromatic nitrogens is 2. The zero-order valence-corrected chi connectivity index (χ0v) is 9.31. The van der Waals surface area contributed by atoms with Gasteiger partial charge in [0.1, 0.15) is 5.82 Å². The van der Waals surface area contributed by atoms with Gasteiger partial charge in [0.2, 0.25) is 0 Å². The van der Waals surface area contributed by atoms with Gasteiger partial charge in [-0.25, -0.2) is 0 Å². The van der Waals surface area contributed by atoms with Gasteiger partial charge in [-0.3, -0.25) is 9.58 Å². The highest BCUT2D eigenvalue weighted by atomic mass is 16.5.